The van der Waals surface area contributed by atoms with E-state index in [1.807, 2.05) is 6.92 Å². The normalized spacial score (nSPS) is 26.8. The SMILES string of the molecule is COc1cc2c(cc1C)[C@H](C)[C@@H](CO)[C@H](CO)C2. The molecule has 0 aromatic heterocycles. The van der Waals surface area contributed by atoms with Crippen molar-refractivity contribution in [3.63, 3.8) is 0 Å². The Morgan fingerprint density at radius 1 is 1.28 bits per heavy atom. The van der Waals surface area contributed by atoms with Crippen molar-refractivity contribution < 1.29 is 14.9 Å². The maximum absolute atomic E-state index is 9.52. The van der Waals surface area contributed by atoms with Crippen LogP contribution in [0.5, 0.6) is 5.75 Å². The smallest absolute Gasteiger partial charge is 0.122 e. The van der Waals surface area contributed by atoms with Crippen molar-refractivity contribution in [3.8, 4) is 5.75 Å². The Labute approximate surface area is 108 Å². The fraction of sp³-hybridized carbons (Fsp3) is 0.600. The van der Waals surface area contributed by atoms with Crippen LogP contribution in [0.4, 0.5) is 0 Å². The van der Waals surface area contributed by atoms with Crippen molar-refractivity contribution in [2.75, 3.05) is 20.3 Å². The minimum absolute atomic E-state index is 0.130. The van der Waals surface area contributed by atoms with E-state index >= 15 is 0 Å². The van der Waals surface area contributed by atoms with Crippen LogP contribution in [-0.2, 0) is 6.42 Å². The van der Waals surface area contributed by atoms with E-state index in [0.717, 1.165) is 17.7 Å². The molecular formula is C15H22O3. The van der Waals surface area contributed by atoms with Crippen LogP contribution in [0.3, 0.4) is 0 Å². The Hall–Kier alpha value is -1.06. The first kappa shape index (κ1) is 13.4. The molecule has 100 valence electrons. The molecule has 0 heterocycles. The molecule has 0 saturated heterocycles. The molecule has 3 heteroatoms. The molecule has 0 radical (unpaired) electrons. The predicted octanol–water partition coefficient (Wildman–Crippen LogP) is 1.88. The van der Waals surface area contributed by atoms with Crippen molar-refractivity contribution in [1.29, 1.82) is 0 Å². The Balaban J connectivity index is 2.45. The number of aryl methyl sites for hydroxylation is 1. The third kappa shape index (κ3) is 2.13. The Morgan fingerprint density at radius 3 is 2.56 bits per heavy atom. The summed E-state index contributed by atoms with van der Waals surface area (Å²) in [6, 6.07) is 4.24. The number of ether oxygens (including phenoxy) is 1. The molecule has 18 heavy (non-hydrogen) atoms. The number of benzene rings is 1. The lowest BCUT2D eigenvalue weighted by atomic mass is 9.70. The van der Waals surface area contributed by atoms with E-state index in [-0.39, 0.29) is 31.0 Å². The number of fused-ring (bicyclic) bond motifs is 1. The molecule has 1 aliphatic carbocycles. The summed E-state index contributed by atoms with van der Waals surface area (Å²) < 4.78 is 5.36. The van der Waals surface area contributed by atoms with Crippen molar-refractivity contribution in [2.24, 2.45) is 11.8 Å². The maximum Gasteiger partial charge on any atom is 0.122 e. The summed E-state index contributed by atoms with van der Waals surface area (Å²) >= 11 is 0. The average molecular weight is 250 g/mol. The van der Waals surface area contributed by atoms with Gasteiger partial charge < -0.3 is 14.9 Å². The standard InChI is InChI=1S/C15H22O3/c1-9-4-13-10(2)14(8-17)12(7-16)5-11(13)6-15(9)18-3/h4,6,10,12,14,16-17H,5,7-8H2,1-3H3/t10-,12-,14+/m0/s1. The third-order valence-corrected chi connectivity index (χ3v) is 4.32. The zero-order valence-electron chi connectivity index (χ0n) is 11.3. The Bertz CT molecular complexity index is 428. The monoisotopic (exact) mass is 250 g/mol. The summed E-state index contributed by atoms with van der Waals surface area (Å²) in [6.07, 6.45) is 0.818. The highest BCUT2D eigenvalue weighted by Crippen LogP contribution is 2.41. The number of aliphatic hydroxyl groups is 2. The van der Waals surface area contributed by atoms with Gasteiger partial charge in [-0.05, 0) is 53.9 Å². The quantitative estimate of drug-likeness (QED) is 0.861. The molecular weight excluding hydrogens is 228 g/mol. The lowest BCUT2D eigenvalue weighted by molar-refractivity contribution is 0.0968. The zero-order valence-corrected chi connectivity index (χ0v) is 11.3. The van der Waals surface area contributed by atoms with Crippen molar-refractivity contribution >= 4 is 0 Å². The molecule has 0 amide bonds. The van der Waals surface area contributed by atoms with Crippen molar-refractivity contribution in [2.45, 2.75) is 26.2 Å². The molecule has 1 aliphatic rings. The molecule has 2 rings (SSSR count). The highest BCUT2D eigenvalue weighted by Gasteiger charge is 2.33. The van der Waals surface area contributed by atoms with Gasteiger partial charge in [-0.15, -0.1) is 0 Å². The van der Waals surface area contributed by atoms with Gasteiger partial charge in [0.1, 0.15) is 5.75 Å². The number of methoxy groups -OCH3 is 1. The molecule has 0 bridgehead atoms. The first-order valence-corrected chi connectivity index (χ1v) is 6.51. The molecule has 0 saturated carbocycles. The van der Waals surface area contributed by atoms with Crippen LogP contribution in [0, 0.1) is 18.8 Å². The van der Waals surface area contributed by atoms with Crippen LogP contribution < -0.4 is 4.74 Å². The zero-order chi connectivity index (χ0) is 13.3. The molecule has 0 unspecified atom stereocenters. The Kier molecular flexibility index (Phi) is 3.93. The molecule has 0 aliphatic heterocycles. The Morgan fingerprint density at radius 2 is 2.00 bits per heavy atom. The molecule has 3 atom stereocenters. The number of rotatable bonds is 3. The fourth-order valence-corrected chi connectivity index (χ4v) is 3.15. The molecule has 3 nitrogen and oxygen atoms in total. The topological polar surface area (TPSA) is 49.7 Å². The van der Waals surface area contributed by atoms with Gasteiger partial charge in [-0.2, -0.15) is 0 Å². The minimum atomic E-state index is 0.130. The van der Waals surface area contributed by atoms with Crippen LogP contribution in [0.15, 0.2) is 12.1 Å². The largest absolute Gasteiger partial charge is 0.496 e. The fourth-order valence-electron chi connectivity index (χ4n) is 3.15. The second-order valence-electron chi connectivity index (χ2n) is 5.30. The molecule has 1 aromatic rings. The summed E-state index contributed by atoms with van der Waals surface area (Å²) in [5.41, 5.74) is 3.66. The van der Waals surface area contributed by atoms with Gasteiger partial charge in [-0.3, -0.25) is 0 Å². The number of hydrogen-bond donors (Lipinski definition) is 2. The minimum Gasteiger partial charge on any atom is -0.496 e. The summed E-state index contributed by atoms with van der Waals surface area (Å²) in [4.78, 5) is 0. The van der Waals surface area contributed by atoms with Crippen molar-refractivity contribution in [1.82, 2.24) is 0 Å². The van der Waals surface area contributed by atoms with Crippen LogP contribution in [0.2, 0.25) is 0 Å². The van der Waals surface area contributed by atoms with Gasteiger partial charge in [0.15, 0.2) is 0 Å². The van der Waals surface area contributed by atoms with E-state index in [9.17, 15) is 10.2 Å². The predicted molar refractivity (Wildman–Crippen MR) is 71.0 cm³/mol. The van der Waals surface area contributed by atoms with Gasteiger partial charge in [-0.25, -0.2) is 0 Å². The van der Waals surface area contributed by atoms with E-state index in [4.69, 9.17) is 4.74 Å². The van der Waals surface area contributed by atoms with Gasteiger partial charge in [0.05, 0.1) is 7.11 Å². The molecule has 0 fully saturated rings. The van der Waals surface area contributed by atoms with Crippen LogP contribution in [0.25, 0.3) is 0 Å². The molecule has 0 spiro atoms. The van der Waals surface area contributed by atoms with E-state index in [1.165, 1.54) is 11.1 Å². The maximum atomic E-state index is 9.52. The summed E-state index contributed by atoms with van der Waals surface area (Å²) in [5, 5.41) is 19.0. The van der Waals surface area contributed by atoms with Gasteiger partial charge in [-0.1, -0.05) is 13.0 Å². The second-order valence-corrected chi connectivity index (χ2v) is 5.30. The van der Waals surface area contributed by atoms with E-state index in [2.05, 4.69) is 19.1 Å². The van der Waals surface area contributed by atoms with E-state index in [1.54, 1.807) is 7.11 Å². The van der Waals surface area contributed by atoms with E-state index in [0.29, 0.717) is 0 Å². The molecule has 1 aromatic carbocycles. The van der Waals surface area contributed by atoms with Crippen LogP contribution >= 0.6 is 0 Å². The van der Waals surface area contributed by atoms with Gasteiger partial charge in [0.2, 0.25) is 0 Å². The first-order valence-electron chi connectivity index (χ1n) is 6.51. The van der Waals surface area contributed by atoms with Crippen molar-refractivity contribution in [3.05, 3.63) is 28.8 Å². The summed E-state index contributed by atoms with van der Waals surface area (Å²) in [6.45, 7) is 4.44. The lowest BCUT2D eigenvalue weighted by Gasteiger charge is -2.36. The van der Waals surface area contributed by atoms with Crippen LogP contribution in [-0.4, -0.2) is 30.5 Å². The number of aliphatic hydroxyl groups excluding tert-OH is 2. The van der Waals surface area contributed by atoms with E-state index < -0.39 is 0 Å². The molecule has 2 N–H and O–H groups in total. The van der Waals surface area contributed by atoms with Crippen LogP contribution in [0.1, 0.15) is 29.5 Å². The van der Waals surface area contributed by atoms with Gasteiger partial charge in [0, 0.05) is 13.2 Å². The van der Waals surface area contributed by atoms with Gasteiger partial charge in [0.25, 0.3) is 0 Å². The average Bonchev–Trinajstić information content (AvgIpc) is 2.38. The summed E-state index contributed by atoms with van der Waals surface area (Å²) in [5.74, 6) is 1.47. The highest BCUT2D eigenvalue weighted by molar-refractivity contribution is 5.45. The van der Waals surface area contributed by atoms with Gasteiger partial charge >= 0.3 is 0 Å². The first-order chi connectivity index (χ1) is 8.62. The number of hydrogen-bond acceptors (Lipinski definition) is 3. The highest BCUT2D eigenvalue weighted by atomic mass is 16.5. The second kappa shape index (κ2) is 5.29. The lowest BCUT2D eigenvalue weighted by Crippen LogP contribution is -2.33. The summed E-state index contributed by atoms with van der Waals surface area (Å²) in [7, 11) is 1.68. The third-order valence-electron chi connectivity index (χ3n) is 4.32.